The van der Waals surface area contributed by atoms with Crippen molar-refractivity contribution in [1.29, 1.82) is 0 Å². The van der Waals surface area contributed by atoms with E-state index in [1.54, 1.807) is 20.0 Å². The summed E-state index contributed by atoms with van der Waals surface area (Å²) in [5.41, 5.74) is 2.22. The first-order valence-electron chi connectivity index (χ1n) is 8.12. The average Bonchev–Trinajstić information content (AvgIpc) is 2.52. The van der Waals surface area contributed by atoms with Crippen LogP contribution in [0.25, 0.3) is 0 Å². The molecule has 0 aliphatic heterocycles. The van der Waals surface area contributed by atoms with Crippen LogP contribution >= 0.6 is 0 Å². The molecule has 2 aromatic rings. The van der Waals surface area contributed by atoms with Gasteiger partial charge in [-0.1, -0.05) is 38.1 Å². The molecule has 0 aliphatic rings. The van der Waals surface area contributed by atoms with Crippen LogP contribution in [0, 0.1) is 6.92 Å². The minimum atomic E-state index is -0.868. The van der Waals surface area contributed by atoms with Crippen molar-refractivity contribution in [2.75, 3.05) is 0 Å². The number of rotatable bonds is 5. The van der Waals surface area contributed by atoms with Gasteiger partial charge in [0, 0.05) is 12.7 Å². The van der Waals surface area contributed by atoms with Crippen molar-refractivity contribution in [3.63, 3.8) is 0 Å². The van der Waals surface area contributed by atoms with Crippen LogP contribution in [-0.2, 0) is 12.1 Å². The number of carbonyl (C=O) groups excluding carboxylic acids is 1. The fourth-order valence-corrected chi connectivity index (χ4v) is 2.41. The summed E-state index contributed by atoms with van der Waals surface area (Å²) >= 11 is 0. The number of hydrogen-bond acceptors (Lipinski definition) is 4. The summed E-state index contributed by atoms with van der Waals surface area (Å²) in [5, 5.41) is 12.9. The zero-order valence-corrected chi connectivity index (χ0v) is 14.9. The molecule has 0 atom stereocenters. The zero-order valence-electron chi connectivity index (χ0n) is 14.9. The van der Waals surface area contributed by atoms with E-state index in [4.69, 9.17) is 0 Å². The Hall–Kier alpha value is -2.27. The Balaban J connectivity index is 2.09. The highest BCUT2D eigenvalue weighted by Gasteiger charge is 2.17. The highest BCUT2D eigenvalue weighted by atomic mass is 16.3. The van der Waals surface area contributed by atoms with E-state index in [-0.39, 0.29) is 11.8 Å². The summed E-state index contributed by atoms with van der Waals surface area (Å²) in [6.07, 6.45) is 1.59. The molecule has 0 saturated carbocycles. The molecular formula is C19H25N3O2. The topological polar surface area (TPSA) is 75.1 Å². The van der Waals surface area contributed by atoms with E-state index >= 15 is 0 Å². The van der Waals surface area contributed by atoms with Gasteiger partial charge in [0.1, 0.15) is 5.82 Å². The summed E-state index contributed by atoms with van der Waals surface area (Å²) in [7, 11) is 0. The van der Waals surface area contributed by atoms with Gasteiger partial charge < -0.3 is 10.4 Å². The highest BCUT2D eigenvalue weighted by molar-refractivity contribution is 5.95. The number of aromatic nitrogens is 2. The Labute approximate surface area is 143 Å². The van der Waals surface area contributed by atoms with Crippen molar-refractivity contribution in [3.05, 3.63) is 58.7 Å². The minimum absolute atomic E-state index is 0.151. The number of nitrogens with one attached hydrogen (secondary N) is 1. The smallest absolute Gasteiger partial charge is 0.254 e. The lowest BCUT2D eigenvalue weighted by molar-refractivity contribution is 0.0785. The Morgan fingerprint density at radius 3 is 2.42 bits per heavy atom. The average molecular weight is 327 g/mol. The molecule has 128 valence electrons. The normalized spacial score (nSPS) is 11.6. The number of aliphatic hydroxyl groups is 1. The van der Waals surface area contributed by atoms with E-state index in [0.717, 1.165) is 16.8 Å². The fourth-order valence-electron chi connectivity index (χ4n) is 2.41. The SMILES string of the molecule is Cc1ncc(C(=O)NCc2ccc(C(C)(C)O)cc2)c(C(C)C)n1. The van der Waals surface area contributed by atoms with Crippen LogP contribution in [0.1, 0.15) is 66.6 Å². The molecule has 24 heavy (non-hydrogen) atoms. The van der Waals surface area contributed by atoms with Gasteiger partial charge >= 0.3 is 0 Å². The van der Waals surface area contributed by atoms with Gasteiger partial charge in [0.2, 0.25) is 0 Å². The molecule has 1 amide bonds. The monoisotopic (exact) mass is 327 g/mol. The number of hydrogen-bond donors (Lipinski definition) is 2. The number of nitrogens with zero attached hydrogens (tertiary/aromatic N) is 2. The maximum Gasteiger partial charge on any atom is 0.254 e. The van der Waals surface area contributed by atoms with Gasteiger partial charge in [-0.2, -0.15) is 0 Å². The van der Waals surface area contributed by atoms with E-state index in [9.17, 15) is 9.90 Å². The first kappa shape index (κ1) is 18.1. The maximum absolute atomic E-state index is 12.4. The zero-order chi connectivity index (χ0) is 17.9. The van der Waals surface area contributed by atoms with E-state index in [0.29, 0.717) is 17.9 Å². The first-order valence-corrected chi connectivity index (χ1v) is 8.12. The van der Waals surface area contributed by atoms with Gasteiger partial charge in [0.15, 0.2) is 0 Å². The molecule has 0 fully saturated rings. The maximum atomic E-state index is 12.4. The molecule has 2 rings (SSSR count). The first-order chi connectivity index (χ1) is 11.2. The lowest BCUT2D eigenvalue weighted by Crippen LogP contribution is -2.25. The fraction of sp³-hybridized carbons (Fsp3) is 0.421. The molecule has 1 heterocycles. The van der Waals surface area contributed by atoms with Crippen molar-refractivity contribution in [1.82, 2.24) is 15.3 Å². The van der Waals surface area contributed by atoms with Gasteiger partial charge in [-0.15, -0.1) is 0 Å². The van der Waals surface area contributed by atoms with E-state index in [2.05, 4.69) is 15.3 Å². The summed E-state index contributed by atoms with van der Waals surface area (Å²) in [4.78, 5) is 21.0. The quantitative estimate of drug-likeness (QED) is 0.885. The summed E-state index contributed by atoms with van der Waals surface area (Å²) in [6, 6.07) is 7.55. The van der Waals surface area contributed by atoms with Gasteiger partial charge in [-0.05, 0) is 37.8 Å². The summed E-state index contributed by atoms with van der Waals surface area (Å²) < 4.78 is 0. The molecular weight excluding hydrogens is 302 g/mol. The molecule has 0 aliphatic carbocycles. The third kappa shape index (κ3) is 4.38. The van der Waals surface area contributed by atoms with E-state index < -0.39 is 5.60 Å². The van der Waals surface area contributed by atoms with Gasteiger partial charge in [-0.25, -0.2) is 9.97 Å². The molecule has 5 heteroatoms. The van der Waals surface area contributed by atoms with Gasteiger partial charge in [-0.3, -0.25) is 4.79 Å². The molecule has 1 aromatic carbocycles. The predicted octanol–water partition coefficient (Wildman–Crippen LogP) is 3.07. The van der Waals surface area contributed by atoms with Crippen molar-refractivity contribution in [2.24, 2.45) is 0 Å². The Kier molecular flexibility index (Phi) is 5.34. The van der Waals surface area contributed by atoms with E-state index in [1.807, 2.05) is 45.0 Å². The number of aryl methyl sites for hydroxylation is 1. The largest absolute Gasteiger partial charge is 0.386 e. The molecule has 2 N–H and O–H groups in total. The van der Waals surface area contributed by atoms with Crippen LogP contribution in [0.4, 0.5) is 0 Å². The number of benzene rings is 1. The van der Waals surface area contributed by atoms with Crippen LogP contribution in [0.5, 0.6) is 0 Å². The lowest BCUT2D eigenvalue weighted by atomic mass is 9.97. The number of amides is 1. The van der Waals surface area contributed by atoms with Crippen molar-refractivity contribution in [3.8, 4) is 0 Å². The van der Waals surface area contributed by atoms with E-state index in [1.165, 1.54) is 0 Å². The Morgan fingerprint density at radius 2 is 1.88 bits per heavy atom. The minimum Gasteiger partial charge on any atom is -0.386 e. The van der Waals surface area contributed by atoms with Crippen LogP contribution < -0.4 is 5.32 Å². The van der Waals surface area contributed by atoms with Crippen molar-refractivity contribution < 1.29 is 9.90 Å². The summed E-state index contributed by atoms with van der Waals surface area (Å²) in [5.74, 6) is 0.640. The van der Waals surface area contributed by atoms with Crippen molar-refractivity contribution in [2.45, 2.75) is 52.7 Å². The molecule has 0 saturated heterocycles. The van der Waals surface area contributed by atoms with Crippen LogP contribution in [0.3, 0.4) is 0 Å². The van der Waals surface area contributed by atoms with Crippen LogP contribution in [-0.4, -0.2) is 21.0 Å². The molecule has 0 spiro atoms. The standard InChI is InChI=1S/C19H25N3O2/c1-12(2)17-16(11-20-13(3)22-17)18(23)21-10-14-6-8-15(9-7-14)19(4,5)24/h6-9,11-12,24H,10H2,1-5H3,(H,21,23). The highest BCUT2D eigenvalue weighted by Crippen LogP contribution is 2.20. The molecule has 0 unspecified atom stereocenters. The number of carbonyl (C=O) groups is 1. The lowest BCUT2D eigenvalue weighted by Gasteiger charge is -2.18. The second-order valence-corrected chi connectivity index (χ2v) is 6.81. The van der Waals surface area contributed by atoms with Gasteiger partial charge in [0.05, 0.1) is 16.9 Å². The van der Waals surface area contributed by atoms with Crippen LogP contribution in [0.2, 0.25) is 0 Å². The Bertz CT molecular complexity index is 716. The summed E-state index contributed by atoms with van der Waals surface area (Å²) in [6.45, 7) is 9.74. The van der Waals surface area contributed by atoms with Crippen molar-refractivity contribution >= 4 is 5.91 Å². The Morgan fingerprint density at radius 1 is 1.25 bits per heavy atom. The molecule has 1 aromatic heterocycles. The van der Waals surface area contributed by atoms with Crippen LogP contribution in [0.15, 0.2) is 30.5 Å². The second kappa shape index (κ2) is 7.09. The molecule has 5 nitrogen and oxygen atoms in total. The predicted molar refractivity (Wildman–Crippen MR) is 93.7 cm³/mol. The molecule has 0 radical (unpaired) electrons. The van der Waals surface area contributed by atoms with Gasteiger partial charge in [0.25, 0.3) is 5.91 Å². The third-order valence-corrected chi connectivity index (χ3v) is 3.84. The third-order valence-electron chi connectivity index (χ3n) is 3.84. The molecule has 0 bridgehead atoms. The second-order valence-electron chi connectivity index (χ2n) is 6.81.